The standard InChI is InChI=1S/C20H16BrFN2O3S/c1-24(16-7-3-2-4-8-16)28(26,27)17-9-5-6-14(12-17)20(25)23-19-11-10-15(21)13-18(19)22/h2-13H,1H3,(H,23,25). The average Bonchev–Trinajstić information content (AvgIpc) is 2.70. The van der Waals surface area contributed by atoms with Crippen molar-refractivity contribution in [2.45, 2.75) is 4.90 Å². The Balaban J connectivity index is 1.88. The molecule has 3 aromatic carbocycles. The third-order valence-electron chi connectivity index (χ3n) is 4.05. The van der Waals surface area contributed by atoms with Crippen molar-refractivity contribution >= 4 is 43.2 Å². The molecule has 0 radical (unpaired) electrons. The summed E-state index contributed by atoms with van der Waals surface area (Å²) in [5.41, 5.74) is 0.599. The molecule has 3 aromatic rings. The van der Waals surface area contributed by atoms with Gasteiger partial charge in [0, 0.05) is 17.1 Å². The fourth-order valence-electron chi connectivity index (χ4n) is 2.52. The van der Waals surface area contributed by atoms with Crippen LogP contribution >= 0.6 is 15.9 Å². The highest BCUT2D eigenvalue weighted by molar-refractivity contribution is 9.10. The van der Waals surface area contributed by atoms with Gasteiger partial charge in [-0.2, -0.15) is 0 Å². The van der Waals surface area contributed by atoms with Crippen LogP contribution in [0.1, 0.15) is 10.4 Å². The quantitative estimate of drug-likeness (QED) is 0.599. The van der Waals surface area contributed by atoms with E-state index in [1.165, 1.54) is 43.4 Å². The van der Waals surface area contributed by atoms with Crippen LogP contribution in [0.2, 0.25) is 0 Å². The van der Waals surface area contributed by atoms with Crippen LogP contribution in [-0.2, 0) is 10.0 Å². The van der Waals surface area contributed by atoms with Gasteiger partial charge in [0.05, 0.1) is 16.3 Å². The van der Waals surface area contributed by atoms with E-state index in [1.807, 2.05) is 0 Å². The van der Waals surface area contributed by atoms with Gasteiger partial charge in [-0.3, -0.25) is 9.10 Å². The van der Waals surface area contributed by atoms with Crippen molar-refractivity contribution in [3.63, 3.8) is 0 Å². The number of sulfonamides is 1. The Morgan fingerprint density at radius 3 is 2.39 bits per heavy atom. The molecule has 0 bridgehead atoms. The highest BCUT2D eigenvalue weighted by Gasteiger charge is 2.22. The van der Waals surface area contributed by atoms with Crippen molar-refractivity contribution in [1.82, 2.24) is 0 Å². The van der Waals surface area contributed by atoms with E-state index in [9.17, 15) is 17.6 Å². The Morgan fingerprint density at radius 2 is 1.71 bits per heavy atom. The van der Waals surface area contributed by atoms with Gasteiger partial charge in [-0.25, -0.2) is 12.8 Å². The minimum Gasteiger partial charge on any atom is -0.319 e. The minimum atomic E-state index is -3.86. The number of nitrogens with zero attached hydrogens (tertiary/aromatic N) is 1. The first-order valence-electron chi connectivity index (χ1n) is 8.19. The molecule has 0 aliphatic rings. The highest BCUT2D eigenvalue weighted by atomic mass is 79.9. The second-order valence-electron chi connectivity index (χ2n) is 5.91. The molecule has 0 fully saturated rings. The molecule has 0 atom stereocenters. The van der Waals surface area contributed by atoms with E-state index in [4.69, 9.17) is 0 Å². The lowest BCUT2D eigenvalue weighted by Crippen LogP contribution is -2.26. The number of nitrogens with one attached hydrogen (secondary N) is 1. The first-order chi connectivity index (χ1) is 13.3. The van der Waals surface area contributed by atoms with Crippen LogP contribution in [0, 0.1) is 5.82 Å². The van der Waals surface area contributed by atoms with Crippen molar-refractivity contribution < 1.29 is 17.6 Å². The molecule has 0 saturated heterocycles. The number of anilines is 2. The Morgan fingerprint density at radius 1 is 1.00 bits per heavy atom. The molecule has 0 aliphatic carbocycles. The summed E-state index contributed by atoms with van der Waals surface area (Å²) in [7, 11) is -2.42. The van der Waals surface area contributed by atoms with Gasteiger partial charge in [0.25, 0.3) is 15.9 Å². The highest BCUT2D eigenvalue weighted by Crippen LogP contribution is 2.23. The van der Waals surface area contributed by atoms with E-state index >= 15 is 0 Å². The molecule has 0 spiro atoms. The number of benzene rings is 3. The van der Waals surface area contributed by atoms with Gasteiger partial charge in [0.2, 0.25) is 0 Å². The van der Waals surface area contributed by atoms with Crippen LogP contribution in [0.15, 0.2) is 82.2 Å². The van der Waals surface area contributed by atoms with Crippen LogP contribution < -0.4 is 9.62 Å². The summed E-state index contributed by atoms with van der Waals surface area (Å²) in [6.07, 6.45) is 0. The third kappa shape index (κ3) is 4.23. The number of hydrogen-bond acceptors (Lipinski definition) is 3. The molecule has 0 saturated carbocycles. The molecule has 8 heteroatoms. The minimum absolute atomic E-state index is 0.00265. The maximum absolute atomic E-state index is 13.9. The molecule has 5 nitrogen and oxygen atoms in total. The van der Waals surface area contributed by atoms with E-state index in [0.29, 0.717) is 10.2 Å². The summed E-state index contributed by atoms with van der Waals surface area (Å²) < 4.78 is 41.4. The van der Waals surface area contributed by atoms with Crippen molar-refractivity contribution in [2.24, 2.45) is 0 Å². The van der Waals surface area contributed by atoms with Gasteiger partial charge >= 0.3 is 0 Å². The predicted octanol–water partition coefficient (Wildman–Crippen LogP) is 4.67. The largest absolute Gasteiger partial charge is 0.319 e. The van der Waals surface area contributed by atoms with E-state index in [1.54, 1.807) is 36.4 Å². The number of para-hydroxylation sites is 1. The molecule has 3 rings (SSSR count). The van der Waals surface area contributed by atoms with E-state index in [0.717, 1.165) is 4.31 Å². The lowest BCUT2D eigenvalue weighted by molar-refractivity contribution is 0.102. The Labute approximate surface area is 171 Å². The number of hydrogen-bond donors (Lipinski definition) is 1. The van der Waals surface area contributed by atoms with E-state index in [-0.39, 0.29) is 16.1 Å². The molecular weight excluding hydrogens is 447 g/mol. The Kier molecular flexibility index (Phi) is 5.81. The summed E-state index contributed by atoms with van der Waals surface area (Å²) in [6.45, 7) is 0. The topological polar surface area (TPSA) is 66.5 Å². The molecule has 28 heavy (non-hydrogen) atoms. The van der Waals surface area contributed by atoms with Crippen molar-refractivity contribution in [3.05, 3.63) is 88.6 Å². The zero-order chi connectivity index (χ0) is 20.3. The summed E-state index contributed by atoms with van der Waals surface area (Å²) in [5.74, 6) is -1.21. The summed E-state index contributed by atoms with van der Waals surface area (Å²) in [5, 5.41) is 2.45. The molecule has 0 heterocycles. The zero-order valence-electron chi connectivity index (χ0n) is 14.8. The normalized spacial score (nSPS) is 11.1. The van der Waals surface area contributed by atoms with Crippen LogP contribution in [0.25, 0.3) is 0 Å². The van der Waals surface area contributed by atoms with Crippen LogP contribution in [0.3, 0.4) is 0 Å². The molecule has 1 N–H and O–H groups in total. The Bertz CT molecular complexity index is 1120. The smallest absolute Gasteiger partial charge is 0.264 e. The molecule has 1 amide bonds. The van der Waals surface area contributed by atoms with Crippen molar-refractivity contribution in [1.29, 1.82) is 0 Å². The Hall–Kier alpha value is -2.71. The van der Waals surface area contributed by atoms with Gasteiger partial charge in [-0.05, 0) is 48.5 Å². The second-order valence-corrected chi connectivity index (χ2v) is 8.80. The summed E-state index contributed by atoms with van der Waals surface area (Å²) in [6, 6.07) is 18.4. The molecule has 0 aliphatic heterocycles. The first kappa shape index (κ1) is 20.0. The second kappa shape index (κ2) is 8.12. The zero-order valence-corrected chi connectivity index (χ0v) is 17.2. The maximum Gasteiger partial charge on any atom is 0.264 e. The average molecular weight is 463 g/mol. The van der Waals surface area contributed by atoms with Crippen molar-refractivity contribution in [2.75, 3.05) is 16.7 Å². The molecule has 0 unspecified atom stereocenters. The molecule has 0 aromatic heterocycles. The maximum atomic E-state index is 13.9. The number of rotatable bonds is 5. The third-order valence-corrected chi connectivity index (χ3v) is 6.33. The SMILES string of the molecule is CN(c1ccccc1)S(=O)(=O)c1cccc(C(=O)Nc2ccc(Br)cc2F)c1. The lowest BCUT2D eigenvalue weighted by atomic mass is 10.2. The monoisotopic (exact) mass is 462 g/mol. The van der Waals surface area contributed by atoms with Gasteiger partial charge in [-0.15, -0.1) is 0 Å². The van der Waals surface area contributed by atoms with Crippen LogP contribution in [0.4, 0.5) is 15.8 Å². The fourth-order valence-corrected chi connectivity index (χ4v) is 4.09. The molecular formula is C20H16BrFN2O3S. The number of carbonyl (C=O) groups is 1. The van der Waals surface area contributed by atoms with Gasteiger partial charge in [-0.1, -0.05) is 40.2 Å². The number of halogens is 2. The van der Waals surface area contributed by atoms with Crippen LogP contribution in [-0.4, -0.2) is 21.4 Å². The molecule has 144 valence electrons. The van der Waals surface area contributed by atoms with Crippen LogP contribution in [0.5, 0.6) is 0 Å². The number of carbonyl (C=O) groups excluding carboxylic acids is 1. The van der Waals surface area contributed by atoms with E-state index < -0.39 is 21.7 Å². The first-order valence-corrected chi connectivity index (χ1v) is 10.4. The lowest BCUT2D eigenvalue weighted by Gasteiger charge is -2.19. The summed E-state index contributed by atoms with van der Waals surface area (Å²) >= 11 is 3.15. The van der Waals surface area contributed by atoms with Gasteiger partial charge in [0.1, 0.15) is 5.82 Å². The van der Waals surface area contributed by atoms with Gasteiger partial charge < -0.3 is 5.32 Å². The van der Waals surface area contributed by atoms with E-state index in [2.05, 4.69) is 21.2 Å². The number of amides is 1. The fraction of sp³-hybridized carbons (Fsp3) is 0.0500. The van der Waals surface area contributed by atoms with Crippen molar-refractivity contribution in [3.8, 4) is 0 Å². The summed E-state index contributed by atoms with van der Waals surface area (Å²) in [4.78, 5) is 12.4. The van der Waals surface area contributed by atoms with Gasteiger partial charge in [0.15, 0.2) is 0 Å². The predicted molar refractivity (Wildman–Crippen MR) is 111 cm³/mol.